The molecule has 156 valence electrons. The first-order valence-electron chi connectivity index (χ1n) is 10.0. The third-order valence-electron chi connectivity index (χ3n) is 5.93. The second-order valence-electron chi connectivity index (χ2n) is 7.91. The maximum absolute atomic E-state index is 6.08. The molecule has 0 radical (unpaired) electrons. The van der Waals surface area contributed by atoms with Gasteiger partial charge in [0.05, 0.1) is 0 Å². The third-order valence-corrected chi connectivity index (χ3v) is 6.37. The Morgan fingerprint density at radius 3 is 2.63 bits per heavy atom. The van der Waals surface area contributed by atoms with Crippen LogP contribution in [-0.4, -0.2) is 38.9 Å². The first kappa shape index (κ1) is 19.5. The fraction of sp³-hybridized carbons (Fsp3) is 0.381. The second-order valence-corrected chi connectivity index (χ2v) is 8.73. The molecular weight excluding hydrogens is 423 g/mol. The topological polar surface area (TPSA) is 68.1 Å². The van der Waals surface area contributed by atoms with E-state index in [1.54, 1.807) is 23.0 Å². The molecule has 2 aromatic heterocycles. The number of pyridine rings is 1. The molecule has 1 aliphatic heterocycles. The van der Waals surface area contributed by atoms with Gasteiger partial charge in [0.15, 0.2) is 0 Å². The van der Waals surface area contributed by atoms with Crippen LogP contribution in [0.25, 0.3) is 0 Å². The first-order valence-corrected chi connectivity index (χ1v) is 10.8. The zero-order valence-corrected chi connectivity index (χ0v) is 18.0. The Balaban J connectivity index is 1.28. The van der Waals surface area contributed by atoms with Gasteiger partial charge in [-0.15, -0.1) is 5.10 Å². The molecule has 2 bridgehead atoms. The van der Waals surface area contributed by atoms with Crippen molar-refractivity contribution in [1.29, 1.82) is 0 Å². The summed E-state index contributed by atoms with van der Waals surface area (Å²) in [6, 6.07) is 12.0. The van der Waals surface area contributed by atoms with Crippen molar-refractivity contribution >= 4 is 34.8 Å². The molecule has 9 heteroatoms. The van der Waals surface area contributed by atoms with Crippen molar-refractivity contribution in [2.45, 2.75) is 18.9 Å². The zero-order chi connectivity index (χ0) is 20.7. The van der Waals surface area contributed by atoms with Crippen LogP contribution in [0.2, 0.25) is 10.2 Å². The van der Waals surface area contributed by atoms with Gasteiger partial charge in [-0.2, -0.15) is 4.98 Å². The molecule has 1 saturated heterocycles. The number of halogens is 2. The quantitative estimate of drug-likeness (QED) is 0.578. The molecule has 1 aliphatic carbocycles. The van der Waals surface area contributed by atoms with Gasteiger partial charge in [-0.25, -0.2) is 9.67 Å². The van der Waals surface area contributed by atoms with Crippen LogP contribution in [0.4, 0.5) is 11.6 Å². The third kappa shape index (κ3) is 3.91. The number of fused-ring (bicyclic) bond motifs is 2. The molecule has 1 aromatic carbocycles. The van der Waals surface area contributed by atoms with Gasteiger partial charge < -0.3 is 15.0 Å². The number of piperidine rings is 1. The molecule has 5 rings (SSSR count). The lowest BCUT2D eigenvalue weighted by Gasteiger charge is -2.39. The highest BCUT2D eigenvalue weighted by atomic mass is 35.5. The van der Waals surface area contributed by atoms with E-state index >= 15 is 0 Å². The van der Waals surface area contributed by atoms with Gasteiger partial charge in [0.2, 0.25) is 5.95 Å². The van der Waals surface area contributed by atoms with Crippen LogP contribution in [0, 0.1) is 11.8 Å². The summed E-state index contributed by atoms with van der Waals surface area (Å²) in [6.45, 7) is 1.96. The van der Waals surface area contributed by atoms with E-state index < -0.39 is 0 Å². The van der Waals surface area contributed by atoms with Crippen LogP contribution in [-0.2, 0) is 7.05 Å². The summed E-state index contributed by atoms with van der Waals surface area (Å²) in [5.74, 6) is 2.28. The number of anilines is 2. The van der Waals surface area contributed by atoms with Crippen molar-refractivity contribution in [2.24, 2.45) is 18.9 Å². The van der Waals surface area contributed by atoms with Crippen molar-refractivity contribution in [3.8, 4) is 11.8 Å². The monoisotopic (exact) mass is 444 g/mol. The molecule has 2 fully saturated rings. The maximum Gasteiger partial charge on any atom is 0.321 e. The average molecular weight is 445 g/mol. The lowest BCUT2D eigenvalue weighted by molar-refractivity contribution is 0.376. The molecule has 3 aromatic rings. The van der Waals surface area contributed by atoms with Crippen LogP contribution in [0.1, 0.15) is 12.8 Å². The minimum Gasteiger partial charge on any atom is -0.424 e. The molecule has 0 spiro atoms. The van der Waals surface area contributed by atoms with E-state index in [1.807, 2.05) is 31.3 Å². The van der Waals surface area contributed by atoms with Crippen molar-refractivity contribution < 1.29 is 4.74 Å². The maximum atomic E-state index is 6.08. The van der Waals surface area contributed by atoms with Crippen LogP contribution < -0.4 is 15.0 Å². The van der Waals surface area contributed by atoms with Crippen molar-refractivity contribution in [2.75, 3.05) is 23.3 Å². The second kappa shape index (κ2) is 7.96. The number of hydrogen-bond donors (Lipinski definition) is 1. The summed E-state index contributed by atoms with van der Waals surface area (Å²) in [6.07, 6.45) is 4.15. The molecule has 2 unspecified atom stereocenters. The van der Waals surface area contributed by atoms with Crippen LogP contribution in [0.15, 0.2) is 42.6 Å². The highest BCUT2D eigenvalue weighted by Gasteiger charge is 2.42. The van der Waals surface area contributed by atoms with E-state index in [0.717, 1.165) is 18.8 Å². The van der Waals surface area contributed by atoms with Crippen molar-refractivity contribution in [3.05, 3.63) is 52.8 Å². The fourth-order valence-electron chi connectivity index (χ4n) is 4.56. The summed E-state index contributed by atoms with van der Waals surface area (Å²) in [4.78, 5) is 11.1. The SMILES string of the molecule is Cn1nc(NC2C3CCC2CN(c2ccnc(Cl)c2)C3)nc1Oc1cccc(Cl)c1. The van der Waals surface area contributed by atoms with Crippen LogP contribution in [0.5, 0.6) is 11.8 Å². The smallest absolute Gasteiger partial charge is 0.321 e. The molecule has 2 atom stereocenters. The summed E-state index contributed by atoms with van der Waals surface area (Å²) < 4.78 is 7.49. The summed E-state index contributed by atoms with van der Waals surface area (Å²) in [7, 11) is 1.82. The summed E-state index contributed by atoms with van der Waals surface area (Å²) in [5, 5.41) is 9.23. The molecule has 0 amide bonds. The molecule has 30 heavy (non-hydrogen) atoms. The standard InChI is InChI=1S/C21H22Cl2N6O/c1-28-21(30-17-4-2-3-15(22)9-17)26-20(27-28)25-19-13-5-6-14(19)12-29(11-13)16-7-8-24-18(23)10-16/h2-4,7-10,13-14,19H,5-6,11-12H2,1H3,(H,25,27). The predicted molar refractivity (Wildman–Crippen MR) is 118 cm³/mol. The number of benzene rings is 1. The van der Waals surface area contributed by atoms with Gasteiger partial charge in [-0.3, -0.25) is 0 Å². The van der Waals surface area contributed by atoms with E-state index in [2.05, 4.69) is 25.3 Å². The van der Waals surface area contributed by atoms with Crippen LogP contribution in [0.3, 0.4) is 0 Å². The summed E-state index contributed by atoms with van der Waals surface area (Å²) in [5.41, 5.74) is 1.14. The predicted octanol–water partition coefficient (Wildman–Crippen LogP) is 4.64. The number of nitrogens with zero attached hydrogens (tertiary/aromatic N) is 5. The Hall–Kier alpha value is -2.51. The minimum absolute atomic E-state index is 0.347. The first-order chi connectivity index (χ1) is 14.5. The van der Waals surface area contributed by atoms with Crippen molar-refractivity contribution in [1.82, 2.24) is 19.7 Å². The van der Waals surface area contributed by atoms with E-state index in [9.17, 15) is 0 Å². The molecular formula is C21H22Cl2N6O. The van der Waals surface area contributed by atoms with E-state index in [1.165, 1.54) is 12.8 Å². The largest absolute Gasteiger partial charge is 0.424 e. The number of aryl methyl sites for hydroxylation is 1. The summed E-state index contributed by atoms with van der Waals surface area (Å²) >= 11 is 12.1. The Morgan fingerprint density at radius 2 is 1.90 bits per heavy atom. The number of aromatic nitrogens is 4. The van der Waals surface area contributed by atoms with E-state index in [0.29, 0.717) is 45.8 Å². The van der Waals surface area contributed by atoms with Crippen molar-refractivity contribution in [3.63, 3.8) is 0 Å². The Bertz CT molecular complexity index is 1040. The van der Waals surface area contributed by atoms with Crippen LogP contribution >= 0.6 is 23.2 Å². The Labute approximate surface area is 185 Å². The molecule has 7 nitrogen and oxygen atoms in total. The fourth-order valence-corrected chi connectivity index (χ4v) is 4.91. The lowest BCUT2D eigenvalue weighted by atomic mass is 9.92. The molecule has 1 saturated carbocycles. The number of nitrogens with one attached hydrogen (secondary N) is 1. The lowest BCUT2D eigenvalue weighted by Crippen LogP contribution is -2.48. The normalized spacial score (nSPS) is 22.9. The van der Waals surface area contributed by atoms with Gasteiger partial charge in [-0.1, -0.05) is 29.3 Å². The van der Waals surface area contributed by atoms with Gasteiger partial charge in [0.1, 0.15) is 10.9 Å². The molecule has 1 N–H and O–H groups in total. The number of hydrogen-bond acceptors (Lipinski definition) is 6. The van der Waals surface area contributed by atoms with E-state index in [-0.39, 0.29) is 0 Å². The van der Waals surface area contributed by atoms with Gasteiger partial charge >= 0.3 is 6.01 Å². The Kier molecular flexibility index (Phi) is 5.16. The minimum atomic E-state index is 0.347. The average Bonchev–Trinajstić information content (AvgIpc) is 3.16. The van der Waals surface area contributed by atoms with E-state index in [4.69, 9.17) is 27.9 Å². The zero-order valence-electron chi connectivity index (χ0n) is 16.5. The Morgan fingerprint density at radius 1 is 1.10 bits per heavy atom. The highest BCUT2D eigenvalue weighted by molar-refractivity contribution is 6.30. The molecule has 3 heterocycles. The highest BCUT2D eigenvalue weighted by Crippen LogP contribution is 2.40. The van der Waals surface area contributed by atoms with Gasteiger partial charge in [0.25, 0.3) is 0 Å². The van der Waals surface area contributed by atoms with Gasteiger partial charge in [-0.05, 0) is 55.0 Å². The number of ether oxygens (including phenoxy) is 1. The van der Waals surface area contributed by atoms with Gasteiger partial charge in [0, 0.05) is 43.1 Å². The number of rotatable bonds is 5. The molecule has 2 aliphatic rings.